The molecule has 1 N–H and O–H groups in total. The Bertz CT molecular complexity index is 960. The number of aromatic nitrogens is 1. The van der Waals surface area contributed by atoms with Crippen LogP contribution in [0, 0.1) is 0 Å². The second-order valence-corrected chi connectivity index (χ2v) is 6.06. The molecule has 0 saturated carbocycles. The Morgan fingerprint density at radius 1 is 1.23 bits per heavy atom. The maximum Gasteiger partial charge on any atom is 0.419 e. The molecule has 26 heavy (non-hydrogen) atoms. The topological polar surface area (TPSA) is 73.5 Å². The van der Waals surface area contributed by atoms with Gasteiger partial charge in [0.25, 0.3) is 0 Å². The molecule has 1 aromatic heterocycles. The van der Waals surface area contributed by atoms with Gasteiger partial charge in [-0.1, -0.05) is 23.7 Å². The van der Waals surface area contributed by atoms with E-state index in [1.54, 1.807) is 43.5 Å². The van der Waals surface area contributed by atoms with E-state index in [0.717, 1.165) is 11.1 Å². The number of rotatable bonds is 6. The van der Waals surface area contributed by atoms with Crippen molar-refractivity contribution >= 4 is 17.5 Å². The lowest BCUT2D eigenvalue weighted by Crippen LogP contribution is -2.30. The maximum absolute atomic E-state index is 12.1. The van der Waals surface area contributed by atoms with Crippen molar-refractivity contribution in [2.45, 2.75) is 13.1 Å². The Hall–Kier alpha value is -2.99. The first-order valence-electron chi connectivity index (χ1n) is 7.91. The molecule has 0 fully saturated rings. The van der Waals surface area contributed by atoms with E-state index in [9.17, 15) is 9.59 Å². The molecule has 6 nitrogen and oxygen atoms in total. The highest BCUT2D eigenvalue weighted by molar-refractivity contribution is 6.30. The third-order valence-corrected chi connectivity index (χ3v) is 4.01. The van der Waals surface area contributed by atoms with Crippen LogP contribution in [0.2, 0.25) is 5.02 Å². The van der Waals surface area contributed by atoms with Gasteiger partial charge in [-0.3, -0.25) is 9.36 Å². The molecule has 134 valence electrons. The van der Waals surface area contributed by atoms with Crippen LogP contribution in [-0.4, -0.2) is 17.6 Å². The second-order valence-electron chi connectivity index (χ2n) is 5.62. The predicted molar refractivity (Wildman–Crippen MR) is 98.3 cm³/mol. The summed E-state index contributed by atoms with van der Waals surface area (Å²) in [6, 6.07) is 14.3. The van der Waals surface area contributed by atoms with Crippen LogP contribution in [0.4, 0.5) is 0 Å². The van der Waals surface area contributed by atoms with Gasteiger partial charge in [0.05, 0.1) is 13.3 Å². The first-order chi connectivity index (χ1) is 12.5. The summed E-state index contributed by atoms with van der Waals surface area (Å²) in [7, 11) is 1.58. The highest BCUT2D eigenvalue weighted by atomic mass is 35.5. The Kier molecular flexibility index (Phi) is 5.43. The highest BCUT2D eigenvalue weighted by Gasteiger charge is 2.11. The first kappa shape index (κ1) is 17.8. The Labute approximate surface area is 155 Å². The Balaban J connectivity index is 1.65. The summed E-state index contributed by atoms with van der Waals surface area (Å²) in [5.41, 5.74) is 1.60. The average Bonchev–Trinajstić information content (AvgIpc) is 3.00. The lowest BCUT2D eigenvalue weighted by molar-refractivity contribution is -0.121. The normalized spacial score (nSPS) is 10.5. The highest BCUT2D eigenvalue weighted by Crippen LogP contribution is 2.21. The molecule has 3 rings (SSSR count). The van der Waals surface area contributed by atoms with Gasteiger partial charge in [-0.25, -0.2) is 4.79 Å². The van der Waals surface area contributed by atoms with Gasteiger partial charge in [0, 0.05) is 17.1 Å². The summed E-state index contributed by atoms with van der Waals surface area (Å²) in [5.74, 6) is 0.207. The molecule has 2 aromatic carbocycles. The standard InChI is InChI=1S/C19H17ClN2O4/c1-25-16-7-5-14(6-8-16)17-11-22(19(24)26-17)12-18(23)21-10-13-3-2-4-15(20)9-13/h2-9,11H,10,12H2,1H3,(H,21,23). The monoisotopic (exact) mass is 372 g/mol. The van der Waals surface area contributed by atoms with E-state index < -0.39 is 5.76 Å². The lowest BCUT2D eigenvalue weighted by Gasteiger charge is -2.05. The molecule has 0 radical (unpaired) electrons. The number of halogens is 1. The number of hydrogen-bond donors (Lipinski definition) is 1. The minimum Gasteiger partial charge on any atom is -0.497 e. The third kappa shape index (κ3) is 4.34. The zero-order valence-electron chi connectivity index (χ0n) is 14.1. The Morgan fingerprint density at radius 2 is 2.00 bits per heavy atom. The maximum atomic E-state index is 12.1. The fourth-order valence-electron chi connectivity index (χ4n) is 2.43. The second kappa shape index (κ2) is 7.93. The van der Waals surface area contributed by atoms with E-state index in [2.05, 4.69) is 5.32 Å². The largest absolute Gasteiger partial charge is 0.497 e. The molecule has 0 spiro atoms. The van der Waals surface area contributed by atoms with Gasteiger partial charge in [-0.05, 0) is 42.0 Å². The number of nitrogens with one attached hydrogen (secondary N) is 1. The smallest absolute Gasteiger partial charge is 0.419 e. The van der Waals surface area contributed by atoms with Gasteiger partial charge < -0.3 is 14.5 Å². The van der Waals surface area contributed by atoms with Crippen molar-refractivity contribution in [3.63, 3.8) is 0 Å². The van der Waals surface area contributed by atoms with E-state index in [1.807, 2.05) is 12.1 Å². The molecular weight excluding hydrogens is 356 g/mol. The van der Waals surface area contributed by atoms with Gasteiger partial charge >= 0.3 is 5.76 Å². The molecule has 1 amide bonds. The van der Waals surface area contributed by atoms with Crippen LogP contribution in [0.3, 0.4) is 0 Å². The molecular formula is C19H17ClN2O4. The van der Waals surface area contributed by atoms with Crippen molar-refractivity contribution < 1.29 is 13.9 Å². The number of nitrogens with zero attached hydrogens (tertiary/aromatic N) is 1. The molecule has 0 unspecified atom stereocenters. The number of benzene rings is 2. The van der Waals surface area contributed by atoms with Crippen LogP contribution in [0.1, 0.15) is 5.56 Å². The summed E-state index contributed by atoms with van der Waals surface area (Å²) >= 11 is 5.91. The molecule has 0 aliphatic heterocycles. The van der Waals surface area contributed by atoms with Gasteiger partial charge in [-0.15, -0.1) is 0 Å². The number of ether oxygens (including phenoxy) is 1. The van der Waals surface area contributed by atoms with Crippen LogP contribution < -0.4 is 15.8 Å². The predicted octanol–water partition coefficient (Wildman–Crippen LogP) is 3.09. The van der Waals surface area contributed by atoms with Crippen LogP contribution in [0.5, 0.6) is 5.75 Å². The molecule has 0 saturated heterocycles. The Morgan fingerprint density at radius 3 is 2.69 bits per heavy atom. The molecule has 0 bridgehead atoms. The molecule has 3 aromatic rings. The van der Waals surface area contributed by atoms with Crippen molar-refractivity contribution in [1.29, 1.82) is 0 Å². The van der Waals surface area contributed by atoms with Crippen LogP contribution >= 0.6 is 11.6 Å². The fourth-order valence-corrected chi connectivity index (χ4v) is 2.64. The number of amides is 1. The third-order valence-electron chi connectivity index (χ3n) is 3.77. The number of oxazole rings is 1. The van der Waals surface area contributed by atoms with Gasteiger partial charge in [0.15, 0.2) is 5.76 Å². The van der Waals surface area contributed by atoms with Crippen molar-refractivity contribution in [2.24, 2.45) is 0 Å². The van der Waals surface area contributed by atoms with Gasteiger partial charge in [-0.2, -0.15) is 0 Å². The SMILES string of the molecule is COc1ccc(-c2cn(CC(=O)NCc3cccc(Cl)c3)c(=O)o2)cc1. The number of methoxy groups -OCH3 is 1. The zero-order chi connectivity index (χ0) is 18.5. The summed E-state index contributed by atoms with van der Waals surface area (Å²) in [5, 5.41) is 3.35. The molecule has 0 atom stereocenters. The van der Waals surface area contributed by atoms with Crippen LogP contribution in [-0.2, 0) is 17.9 Å². The fraction of sp³-hybridized carbons (Fsp3) is 0.158. The summed E-state index contributed by atoms with van der Waals surface area (Å²) in [6.45, 7) is 0.205. The number of carbonyl (C=O) groups is 1. The number of carbonyl (C=O) groups excluding carboxylic acids is 1. The van der Waals surface area contributed by atoms with E-state index in [-0.39, 0.29) is 12.5 Å². The molecule has 0 aliphatic rings. The minimum absolute atomic E-state index is 0.126. The quantitative estimate of drug-likeness (QED) is 0.721. The van der Waals surface area contributed by atoms with Crippen molar-refractivity contribution in [2.75, 3.05) is 7.11 Å². The summed E-state index contributed by atoms with van der Waals surface area (Å²) < 4.78 is 11.6. The van der Waals surface area contributed by atoms with Gasteiger partial charge in [0.1, 0.15) is 12.3 Å². The molecule has 1 heterocycles. The van der Waals surface area contributed by atoms with Crippen molar-refractivity contribution in [3.05, 3.63) is 75.9 Å². The lowest BCUT2D eigenvalue weighted by atomic mass is 10.2. The number of hydrogen-bond acceptors (Lipinski definition) is 4. The zero-order valence-corrected chi connectivity index (χ0v) is 14.8. The molecule has 0 aliphatic carbocycles. The van der Waals surface area contributed by atoms with E-state index in [4.69, 9.17) is 20.8 Å². The first-order valence-corrected chi connectivity index (χ1v) is 8.29. The van der Waals surface area contributed by atoms with Gasteiger partial charge in [0.2, 0.25) is 5.91 Å². The van der Waals surface area contributed by atoms with Crippen molar-refractivity contribution in [1.82, 2.24) is 9.88 Å². The van der Waals surface area contributed by atoms with Crippen molar-refractivity contribution in [3.8, 4) is 17.1 Å². The van der Waals surface area contributed by atoms with E-state index in [1.165, 1.54) is 10.8 Å². The van der Waals surface area contributed by atoms with E-state index >= 15 is 0 Å². The van der Waals surface area contributed by atoms with E-state index in [0.29, 0.717) is 23.1 Å². The summed E-state index contributed by atoms with van der Waals surface area (Å²) in [4.78, 5) is 24.1. The molecule has 7 heteroatoms. The van der Waals surface area contributed by atoms with Crippen LogP contribution in [0.25, 0.3) is 11.3 Å². The average molecular weight is 373 g/mol. The van der Waals surface area contributed by atoms with Crippen LogP contribution in [0.15, 0.2) is 63.9 Å². The minimum atomic E-state index is -0.589. The summed E-state index contributed by atoms with van der Waals surface area (Å²) in [6.07, 6.45) is 1.52.